The summed E-state index contributed by atoms with van der Waals surface area (Å²) in [4.78, 5) is 26.2. The predicted molar refractivity (Wildman–Crippen MR) is 133 cm³/mol. The highest BCUT2D eigenvalue weighted by atomic mass is 16.6. The first-order chi connectivity index (χ1) is 16.6. The van der Waals surface area contributed by atoms with E-state index in [9.17, 15) is 14.7 Å². The second-order valence-corrected chi connectivity index (χ2v) is 11.4. The van der Waals surface area contributed by atoms with E-state index in [0.29, 0.717) is 11.0 Å². The number of carbonyl (C=O) groups excluding carboxylic acids is 2. The summed E-state index contributed by atoms with van der Waals surface area (Å²) in [7, 11) is 0. The molecule has 0 aromatic heterocycles. The van der Waals surface area contributed by atoms with Crippen LogP contribution in [0.15, 0.2) is 60.7 Å². The Morgan fingerprint density at radius 1 is 0.914 bits per heavy atom. The topological polar surface area (TPSA) is 72.8 Å². The van der Waals surface area contributed by atoms with Crippen molar-refractivity contribution >= 4 is 11.9 Å². The Kier molecular flexibility index (Phi) is 7.34. The number of benzene rings is 2. The Morgan fingerprint density at radius 3 is 1.91 bits per heavy atom. The van der Waals surface area contributed by atoms with Crippen molar-refractivity contribution in [3.8, 4) is 0 Å². The highest BCUT2D eigenvalue weighted by molar-refractivity contribution is 5.80. The van der Waals surface area contributed by atoms with Gasteiger partial charge in [-0.2, -0.15) is 0 Å². The first-order valence-corrected chi connectivity index (χ1v) is 12.6. The fourth-order valence-electron chi connectivity index (χ4n) is 5.55. The molecule has 0 aliphatic carbocycles. The minimum atomic E-state index is -1.68. The van der Waals surface area contributed by atoms with Crippen molar-refractivity contribution in [3.63, 3.8) is 0 Å². The maximum absolute atomic E-state index is 13.6. The summed E-state index contributed by atoms with van der Waals surface area (Å²) < 4.78 is 12.3. The summed E-state index contributed by atoms with van der Waals surface area (Å²) in [6.45, 7) is 8.26. The fourth-order valence-corrected chi connectivity index (χ4v) is 5.55. The highest BCUT2D eigenvalue weighted by Crippen LogP contribution is 2.36. The number of nitrogens with zero attached hydrogens (tertiary/aromatic N) is 1. The number of carbonyl (C=O) groups is 2. The van der Waals surface area contributed by atoms with Crippen molar-refractivity contribution in [2.45, 2.75) is 63.8 Å². The van der Waals surface area contributed by atoms with Crippen LogP contribution in [0.4, 0.5) is 0 Å². The Bertz CT molecular complexity index is 965. The third kappa shape index (κ3) is 6.50. The van der Waals surface area contributed by atoms with Crippen LogP contribution in [0.1, 0.15) is 44.7 Å². The van der Waals surface area contributed by atoms with E-state index in [-0.39, 0.29) is 37.4 Å². The first kappa shape index (κ1) is 25.4. The van der Waals surface area contributed by atoms with E-state index in [4.69, 9.17) is 9.47 Å². The van der Waals surface area contributed by atoms with Crippen LogP contribution in [0.2, 0.25) is 0 Å². The second-order valence-electron chi connectivity index (χ2n) is 11.4. The molecule has 0 radical (unpaired) electrons. The number of aliphatic hydroxyl groups is 1. The molecule has 3 saturated heterocycles. The Labute approximate surface area is 208 Å². The van der Waals surface area contributed by atoms with Crippen molar-refractivity contribution in [3.05, 3.63) is 71.8 Å². The monoisotopic (exact) mass is 480 g/mol. The zero-order valence-corrected chi connectivity index (χ0v) is 21.1. The highest BCUT2D eigenvalue weighted by Gasteiger charge is 2.50. The summed E-state index contributed by atoms with van der Waals surface area (Å²) in [5.74, 6) is -0.540. The van der Waals surface area contributed by atoms with Gasteiger partial charge in [-0.05, 0) is 31.9 Å². The Balaban J connectivity index is 1.49. The molecule has 6 heteroatoms. The van der Waals surface area contributed by atoms with Gasteiger partial charge in [-0.15, -0.1) is 0 Å². The van der Waals surface area contributed by atoms with Gasteiger partial charge in [0.15, 0.2) is 18.2 Å². The molecule has 188 valence electrons. The van der Waals surface area contributed by atoms with Gasteiger partial charge in [0.2, 0.25) is 0 Å². The fraction of sp³-hybridized carbons (Fsp3) is 0.517. The van der Waals surface area contributed by atoms with Crippen molar-refractivity contribution in [1.29, 1.82) is 0 Å². The van der Waals surface area contributed by atoms with Gasteiger partial charge in [-0.25, -0.2) is 9.59 Å². The average Bonchev–Trinajstić information content (AvgIpc) is 2.79. The van der Waals surface area contributed by atoms with Gasteiger partial charge in [-0.3, -0.25) is 0 Å². The van der Waals surface area contributed by atoms with E-state index in [0.717, 1.165) is 37.1 Å². The summed E-state index contributed by atoms with van der Waals surface area (Å²) >= 11 is 0. The smallest absolute Gasteiger partial charge is 0.362 e. The van der Waals surface area contributed by atoms with E-state index in [1.54, 1.807) is 0 Å². The number of esters is 2. The summed E-state index contributed by atoms with van der Waals surface area (Å²) in [5.41, 5.74) is -0.443. The zero-order valence-electron chi connectivity index (χ0n) is 21.1. The number of ether oxygens (including phenoxy) is 2. The van der Waals surface area contributed by atoms with E-state index >= 15 is 0 Å². The Morgan fingerprint density at radius 2 is 1.43 bits per heavy atom. The van der Waals surface area contributed by atoms with E-state index in [2.05, 4.69) is 0 Å². The molecular formula is C29H38NO5+. The molecule has 35 heavy (non-hydrogen) atoms. The maximum Gasteiger partial charge on any atom is 0.362 e. The number of quaternary nitrogens is 1. The molecule has 0 amide bonds. The first-order valence-electron chi connectivity index (χ1n) is 12.6. The van der Waals surface area contributed by atoms with Crippen LogP contribution in [-0.4, -0.2) is 65.0 Å². The number of hydrogen-bond donors (Lipinski definition) is 1. The molecular weight excluding hydrogens is 442 g/mol. The summed E-state index contributed by atoms with van der Waals surface area (Å²) in [6.07, 6.45) is 1.84. The molecule has 3 aliphatic rings. The number of hydrogen-bond acceptors (Lipinski definition) is 5. The van der Waals surface area contributed by atoms with Crippen molar-refractivity contribution < 1.29 is 28.7 Å². The number of rotatable bonds is 8. The van der Waals surface area contributed by atoms with Gasteiger partial charge in [0.1, 0.15) is 12.1 Å². The van der Waals surface area contributed by atoms with Gasteiger partial charge in [0.25, 0.3) is 0 Å². The van der Waals surface area contributed by atoms with Crippen LogP contribution in [0, 0.1) is 5.92 Å². The van der Waals surface area contributed by atoms with Gasteiger partial charge in [0, 0.05) is 31.6 Å². The van der Waals surface area contributed by atoms with Crippen molar-refractivity contribution in [2.75, 3.05) is 26.2 Å². The van der Waals surface area contributed by atoms with E-state index < -0.39 is 17.2 Å². The standard InChI is InChI=1S/C29H38NO5/c1-28(2,3)35-26(31)21-30-16-14-24(15-17-30)25(20-30)34-27(32)29(33,18-22-10-6-4-7-11-22)19-23-12-8-5-9-13-23/h4-13,24-25,33H,14-21H2,1-3H3/q+1/t24?,25-,30?/m0/s1. The van der Waals surface area contributed by atoms with Gasteiger partial charge < -0.3 is 19.1 Å². The predicted octanol–water partition coefficient (Wildman–Crippen LogP) is 3.70. The van der Waals surface area contributed by atoms with Gasteiger partial charge >= 0.3 is 11.9 Å². The molecule has 6 nitrogen and oxygen atoms in total. The molecule has 0 unspecified atom stereocenters. The van der Waals surface area contributed by atoms with Crippen LogP contribution in [0.25, 0.3) is 0 Å². The van der Waals surface area contributed by atoms with Crippen LogP contribution >= 0.6 is 0 Å². The molecule has 3 fully saturated rings. The zero-order chi connectivity index (χ0) is 25.1. The average molecular weight is 481 g/mol. The third-order valence-corrected chi connectivity index (χ3v) is 7.24. The molecule has 3 heterocycles. The lowest BCUT2D eigenvalue weighted by Gasteiger charge is -2.51. The lowest BCUT2D eigenvalue weighted by molar-refractivity contribution is -0.939. The molecule has 3 aliphatic heterocycles. The van der Waals surface area contributed by atoms with Gasteiger partial charge in [-0.1, -0.05) is 60.7 Å². The molecule has 2 aromatic rings. The van der Waals surface area contributed by atoms with Gasteiger partial charge in [0.05, 0.1) is 13.1 Å². The van der Waals surface area contributed by atoms with Crippen molar-refractivity contribution in [1.82, 2.24) is 0 Å². The molecule has 1 N–H and O–H groups in total. The maximum atomic E-state index is 13.6. The largest absolute Gasteiger partial charge is 0.456 e. The van der Waals surface area contributed by atoms with Crippen LogP contribution < -0.4 is 0 Å². The van der Waals surface area contributed by atoms with Crippen molar-refractivity contribution in [2.24, 2.45) is 5.92 Å². The SMILES string of the molecule is CC(C)(C)OC(=O)C[N+]12CCC(CC1)[C@@H](OC(=O)C(O)(Cc1ccccc1)Cc1ccccc1)C2. The Hall–Kier alpha value is -2.70. The summed E-state index contributed by atoms with van der Waals surface area (Å²) in [5, 5.41) is 11.7. The molecule has 2 aromatic carbocycles. The van der Waals surface area contributed by atoms with Crippen LogP contribution in [0.3, 0.4) is 0 Å². The lowest BCUT2D eigenvalue weighted by Crippen LogP contribution is -2.66. The minimum Gasteiger partial charge on any atom is -0.456 e. The van der Waals surface area contributed by atoms with E-state index in [1.165, 1.54) is 0 Å². The van der Waals surface area contributed by atoms with Crippen LogP contribution in [-0.2, 0) is 31.9 Å². The van der Waals surface area contributed by atoms with E-state index in [1.807, 2.05) is 81.4 Å². The minimum absolute atomic E-state index is 0.177. The molecule has 1 atom stereocenters. The second kappa shape index (κ2) is 10.1. The molecule has 2 bridgehead atoms. The number of piperidine rings is 3. The quantitative estimate of drug-likeness (QED) is 0.461. The normalized spacial score (nSPS) is 24.1. The molecule has 0 spiro atoms. The number of fused-ring (bicyclic) bond motifs is 3. The third-order valence-electron chi connectivity index (χ3n) is 7.24. The van der Waals surface area contributed by atoms with Crippen LogP contribution in [0.5, 0.6) is 0 Å². The summed E-state index contributed by atoms with van der Waals surface area (Å²) in [6, 6.07) is 19.1. The lowest BCUT2D eigenvalue weighted by atomic mass is 9.82. The molecule has 5 rings (SSSR count). The molecule has 0 saturated carbocycles.